The molecular formula is C12H21N3S. The third kappa shape index (κ3) is 2.61. The quantitative estimate of drug-likeness (QED) is 0.855. The number of nitrogens with zero attached hydrogens (tertiary/aromatic N) is 2. The van der Waals surface area contributed by atoms with Gasteiger partial charge in [0.2, 0.25) is 0 Å². The fraction of sp³-hybridized carbons (Fsp3) is 0.750. The van der Waals surface area contributed by atoms with E-state index in [1.165, 1.54) is 30.7 Å². The van der Waals surface area contributed by atoms with Gasteiger partial charge in [0.05, 0.1) is 11.7 Å². The monoisotopic (exact) mass is 239 g/mol. The van der Waals surface area contributed by atoms with Crippen molar-refractivity contribution < 1.29 is 0 Å². The standard InChI is InChI=1S/C12H21N3S/c1-3-7-13-12(11-5-4-9-16-11)10-6-8-14-15(10)2/h6,8,11-13H,3-5,7,9H2,1-2H3. The van der Waals surface area contributed by atoms with Crippen molar-refractivity contribution in [2.75, 3.05) is 12.3 Å². The SMILES string of the molecule is CCCNC(c1ccnn1C)C1CCCS1. The number of nitrogens with one attached hydrogen (secondary N) is 1. The van der Waals surface area contributed by atoms with E-state index in [0.29, 0.717) is 6.04 Å². The maximum Gasteiger partial charge on any atom is 0.0612 e. The van der Waals surface area contributed by atoms with Gasteiger partial charge in [0.1, 0.15) is 0 Å². The van der Waals surface area contributed by atoms with Crippen LogP contribution in [0.5, 0.6) is 0 Å². The van der Waals surface area contributed by atoms with Gasteiger partial charge in [-0.3, -0.25) is 4.68 Å². The topological polar surface area (TPSA) is 29.9 Å². The number of hydrogen-bond acceptors (Lipinski definition) is 3. The average molecular weight is 239 g/mol. The Morgan fingerprint density at radius 2 is 2.56 bits per heavy atom. The Morgan fingerprint density at radius 1 is 1.69 bits per heavy atom. The molecule has 16 heavy (non-hydrogen) atoms. The molecule has 4 heteroatoms. The van der Waals surface area contributed by atoms with Crippen molar-refractivity contribution in [2.24, 2.45) is 7.05 Å². The Bertz CT molecular complexity index is 318. The molecule has 1 aliphatic heterocycles. The predicted molar refractivity (Wildman–Crippen MR) is 69.7 cm³/mol. The molecule has 2 atom stereocenters. The molecule has 0 saturated carbocycles. The molecule has 2 heterocycles. The lowest BCUT2D eigenvalue weighted by molar-refractivity contribution is 0.472. The normalized spacial score (nSPS) is 22.5. The molecule has 0 spiro atoms. The van der Waals surface area contributed by atoms with Crippen LogP contribution >= 0.6 is 11.8 Å². The molecule has 3 nitrogen and oxygen atoms in total. The number of aromatic nitrogens is 2. The van der Waals surface area contributed by atoms with E-state index in [0.717, 1.165) is 11.8 Å². The van der Waals surface area contributed by atoms with Crippen LogP contribution in [0.1, 0.15) is 37.9 Å². The van der Waals surface area contributed by atoms with Gasteiger partial charge in [0, 0.05) is 18.5 Å². The number of hydrogen-bond donors (Lipinski definition) is 1. The first-order chi connectivity index (χ1) is 7.83. The first kappa shape index (κ1) is 12.0. The second-order valence-corrected chi connectivity index (χ2v) is 5.71. The zero-order valence-corrected chi connectivity index (χ0v) is 11.0. The summed E-state index contributed by atoms with van der Waals surface area (Å²) in [5, 5.41) is 8.68. The third-order valence-corrected chi connectivity index (χ3v) is 4.59. The van der Waals surface area contributed by atoms with Crippen molar-refractivity contribution in [1.82, 2.24) is 15.1 Å². The Morgan fingerprint density at radius 3 is 3.12 bits per heavy atom. The fourth-order valence-electron chi connectivity index (χ4n) is 2.28. The van der Waals surface area contributed by atoms with Gasteiger partial charge < -0.3 is 5.32 Å². The van der Waals surface area contributed by atoms with E-state index in [1.54, 1.807) is 0 Å². The van der Waals surface area contributed by atoms with Gasteiger partial charge in [-0.05, 0) is 37.6 Å². The number of thioether (sulfide) groups is 1. The molecule has 1 fully saturated rings. The summed E-state index contributed by atoms with van der Waals surface area (Å²) in [5.74, 6) is 1.31. The predicted octanol–water partition coefficient (Wildman–Crippen LogP) is 2.36. The second kappa shape index (κ2) is 5.73. The molecule has 0 radical (unpaired) electrons. The molecule has 90 valence electrons. The highest BCUT2D eigenvalue weighted by Crippen LogP contribution is 2.35. The highest BCUT2D eigenvalue weighted by Gasteiger charge is 2.28. The number of rotatable bonds is 5. The minimum atomic E-state index is 0.472. The third-order valence-electron chi connectivity index (χ3n) is 3.13. The van der Waals surface area contributed by atoms with Gasteiger partial charge in [-0.15, -0.1) is 0 Å². The summed E-state index contributed by atoms with van der Waals surface area (Å²) in [6.07, 6.45) is 5.77. The van der Waals surface area contributed by atoms with E-state index in [9.17, 15) is 0 Å². The van der Waals surface area contributed by atoms with Crippen LogP contribution in [0.25, 0.3) is 0 Å². The lowest BCUT2D eigenvalue weighted by Gasteiger charge is -2.24. The van der Waals surface area contributed by atoms with Crippen molar-refractivity contribution in [2.45, 2.75) is 37.5 Å². The Kier molecular flexibility index (Phi) is 4.29. The molecule has 1 saturated heterocycles. The van der Waals surface area contributed by atoms with Crippen LogP contribution < -0.4 is 5.32 Å². The van der Waals surface area contributed by atoms with Crippen molar-refractivity contribution in [3.05, 3.63) is 18.0 Å². The summed E-state index contributed by atoms with van der Waals surface area (Å²) in [5.41, 5.74) is 1.33. The van der Waals surface area contributed by atoms with E-state index in [1.807, 2.05) is 17.9 Å². The van der Waals surface area contributed by atoms with Crippen molar-refractivity contribution in [3.63, 3.8) is 0 Å². The molecule has 1 N–H and O–H groups in total. The highest BCUT2D eigenvalue weighted by atomic mass is 32.2. The molecule has 1 aliphatic rings. The Hall–Kier alpha value is -0.480. The van der Waals surface area contributed by atoms with Crippen LogP contribution in [0, 0.1) is 0 Å². The first-order valence-corrected chi connectivity index (χ1v) is 7.20. The zero-order chi connectivity index (χ0) is 11.4. The van der Waals surface area contributed by atoms with Crippen LogP contribution in [0.2, 0.25) is 0 Å². The van der Waals surface area contributed by atoms with Crippen LogP contribution in [-0.2, 0) is 7.05 Å². The molecule has 0 amide bonds. The van der Waals surface area contributed by atoms with Gasteiger partial charge in [-0.25, -0.2) is 0 Å². The first-order valence-electron chi connectivity index (χ1n) is 6.15. The van der Waals surface area contributed by atoms with Crippen molar-refractivity contribution in [3.8, 4) is 0 Å². The average Bonchev–Trinajstić information content (AvgIpc) is 2.91. The maximum absolute atomic E-state index is 4.28. The molecule has 1 aromatic rings. The van der Waals surface area contributed by atoms with Crippen LogP contribution in [0.15, 0.2) is 12.3 Å². The lowest BCUT2D eigenvalue weighted by Crippen LogP contribution is -2.31. The molecule has 2 rings (SSSR count). The molecule has 2 unspecified atom stereocenters. The lowest BCUT2D eigenvalue weighted by atomic mass is 10.1. The van der Waals surface area contributed by atoms with Crippen molar-refractivity contribution >= 4 is 11.8 Å². The van der Waals surface area contributed by atoms with Crippen LogP contribution in [0.3, 0.4) is 0 Å². The summed E-state index contributed by atoms with van der Waals surface area (Å²) >= 11 is 2.10. The number of aryl methyl sites for hydroxylation is 1. The van der Waals surface area contributed by atoms with Gasteiger partial charge in [0.15, 0.2) is 0 Å². The van der Waals surface area contributed by atoms with E-state index in [-0.39, 0.29) is 0 Å². The van der Waals surface area contributed by atoms with Gasteiger partial charge >= 0.3 is 0 Å². The summed E-state index contributed by atoms with van der Waals surface area (Å²) in [6.45, 7) is 3.31. The molecule has 0 bridgehead atoms. The summed E-state index contributed by atoms with van der Waals surface area (Å²) < 4.78 is 2.01. The van der Waals surface area contributed by atoms with E-state index in [2.05, 4.69) is 35.2 Å². The largest absolute Gasteiger partial charge is 0.308 e. The van der Waals surface area contributed by atoms with E-state index < -0.39 is 0 Å². The Labute approximate surface area is 102 Å². The van der Waals surface area contributed by atoms with Crippen LogP contribution in [0.4, 0.5) is 0 Å². The van der Waals surface area contributed by atoms with Gasteiger partial charge in [0.25, 0.3) is 0 Å². The van der Waals surface area contributed by atoms with E-state index in [4.69, 9.17) is 0 Å². The summed E-state index contributed by atoms with van der Waals surface area (Å²) in [4.78, 5) is 0. The van der Waals surface area contributed by atoms with E-state index >= 15 is 0 Å². The zero-order valence-electron chi connectivity index (χ0n) is 10.1. The Balaban J connectivity index is 2.10. The second-order valence-electron chi connectivity index (χ2n) is 4.36. The molecular weight excluding hydrogens is 218 g/mol. The molecule has 0 aromatic carbocycles. The van der Waals surface area contributed by atoms with Gasteiger partial charge in [-0.2, -0.15) is 16.9 Å². The summed E-state index contributed by atoms with van der Waals surface area (Å²) in [7, 11) is 2.04. The fourth-order valence-corrected chi connectivity index (χ4v) is 3.68. The minimum absolute atomic E-state index is 0.472. The van der Waals surface area contributed by atoms with Crippen molar-refractivity contribution in [1.29, 1.82) is 0 Å². The maximum atomic E-state index is 4.28. The molecule has 0 aliphatic carbocycles. The molecule has 1 aromatic heterocycles. The minimum Gasteiger partial charge on any atom is -0.308 e. The smallest absolute Gasteiger partial charge is 0.0612 e. The van der Waals surface area contributed by atoms with Gasteiger partial charge in [-0.1, -0.05) is 6.92 Å². The summed E-state index contributed by atoms with van der Waals surface area (Å²) in [6, 6.07) is 2.62. The highest BCUT2D eigenvalue weighted by molar-refractivity contribution is 8.00. The van der Waals surface area contributed by atoms with Crippen LogP contribution in [-0.4, -0.2) is 27.3 Å².